The van der Waals surface area contributed by atoms with E-state index in [0.717, 1.165) is 29.7 Å². The van der Waals surface area contributed by atoms with Crippen molar-refractivity contribution in [3.63, 3.8) is 0 Å². The Balaban J connectivity index is 1.27. The molecule has 1 aliphatic carbocycles. The van der Waals surface area contributed by atoms with E-state index in [1.54, 1.807) is 43.1 Å². The number of unbranched alkanes of at least 4 members (excludes halogenated alkanes) is 3. The van der Waals surface area contributed by atoms with Crippen LogP contribution in [0.5, 0.6) is 5.75 Å². The smallest absolute Gasteiger partial charge is 0.165 e. The maximum atomic E-state index is 14.0. The molecule has 175 valence electrons. The van der Waals surface area contributed by atoms with Crippen molar-refractivity contribution in [3.8, 4) is 5.75 Å². The Labute approximate surface area is 193 Å². The summed E-state index contributed by atoms with van der Waals surface area (Å²) in [5.41, 5.74) is 1.11. The average Bonchev–Trinajstić information content (AvgIpc) is 2.80. The lowest BCUT2D eigenvalue weighted by Crippen LogP contribution is -2.28. The minimum atomic E-state index is -0.213. The molecular formula is C28H46FOSi. The van der Waals surface area contributed by atoms with E-state index in [0.29, 0.717) is 12.4 Å². The highest BCUT2D eigenvalue weighted by molar-refractivity contribution is 6.58. The highest BCUT2D eigenvalue weighted by atomic mass is 28.3. The van der Waals surface area contributed by atoms with Gasteiger partial charge in [-0.3, -0.25) is 0 Å². The first-order valence-corrected chi connectivity index (χ1v) is 15.6. The van der Waals surface area contributed by atoms with Crippen LogP contribution in [-0.2, 0) is 6.42 Å². The molecule has 0 atom stereocenters. The van der Waals surface area contributed by atoms with Gasteiger partial charge in [-0.15, -0.1) is 0 Å². The van der Waals surface area contributed by atoms with Gasteiger partial charge in [-0.2, -0.15) is 0 Å². The number of ether oxygens (including phenoxy) is 1. The number of benzene rings is 1. The van der Waals surface area contributed by atoms with Gasteiger partial charge in [0.15, 0.2) is 11.6 Å². The van der Waals surface area contributed by atoms with E-state index in [1.807, 2.05) is 13.0 Å². The van der Waals surface area contributed by atoms with Gasteiger partial charge in [0.2, 0.25) is 0 Å². The zero-order valence-electron chi connectivity index (χ0n) is 20.3. The summed E-state index contributed by atoms with van der Waals surface area (Å²) < 4.78 is 19.3. The Morgan fingerprint density at radius 2 is 1.65 bits per heavy atom. The topological polar surface area (TPSA) is 9.23 Å². The van der Waals surface area contributed by atoms with Crippen LogP contribution in [0.2, 0.25) is 18.1 Å². The Morgan fingerprint density at radius 3 is 2.32 bits per heavy atom. The van der Waals surface area contributed by atoms with Crippen molar-refractivity contribution in [3.05, 3.63) is 29.6 Å². The quantitative estimate of drug-likeness (QED) is 0.230. The summed E-state index contributed by atoms with van der Waals surface area (Å²) in [4.78, 5) is 0. The minimum Gasteiger partial charge on any atom is -0.491 e. The van der Waals surface area contributed by atoms with E-state index < -0.39 is 0 Å². The van der Waals surface area contributed by atoms with Crippen LogP contribution in [-0.4, -0.2) is 15.4 Å². The summed E-state index contributed by atoms with van der Waals surface area (Å²) in [6.07, 6.45) is 18.2. The van der Waals surface area contributed by atoms with Crippen LogP contribution in [0.4, 0.5) is 4.39 Å². The number of rotatable bonds is 12. The normalized spacial score (nSPS) is 23.2. The zero-order chi connectivity index (χ0) is 21.9. The Morgan fingerprint density at radius 1 is 0.903 bits per heavy atom. The summed E-state index contributed by atoms with van der Waals surface area (Å²) in [6.45, 7) is 4.73. The van der Waals surface area contributed by atoms with Gasteiger partial charge < -0.3 is 4.74 Å². The van der Waals surface area contributed by atoms with Crippen molar-refractivity contribution in [1.29, 1.82) is 0 Å². The van der Waals surface area contributed by atoms with E-state index in [9.17, 15) is 4.39 Å². The van der Waals surface area contributed by atoms with Gasteiger partial charge in [-0.1, -0.05) is 88.9 Å². The van der Waals surface area contributed by atoms with Crippen molar-refractivity contribution in [2.24, 2.45) is 17.8 Å². The summed E-state index contributed by atoms with van der Waals surface area (Å²) >= 11 is 0. The molecule has 1 radical (unpaired) electrons. The lowest BCUT2D eigenvalue weighted by molar-refractivity contribution is 0.184. The van der Waals surface area contributed by atoms with E-state index in [2.05, 4.69) is 6.92 Å². The molecule has 1 nitrogen and oxygen atoms in total. The van der Waals surface area contributed by atoms with Crippen molar-refractivity contribution in [2.45, 2.75) is 115 Å². The van der Waals surface area contributed by atoms with Gasteiger partial charge >= 0.3 is 0 Å². The van der Waals surface area contributed by atoms with Crippen LogP contribution in [0, 0.1) is 23.6 Å². The average molecular weight is 446 g/mol. The second kappa shape index (κ2) is 13.7. The number of aryl methyl sites for hydroxylation is 1. The van der Waals surface area contributed by atoms with Gasteiger partial charge in [-0.05, 0) is 68.1 Å². The van der Waals surface area contributed by atoms with E-state index in [-0.39, 0.29) is 14.6 Å². The molecule has 2 fully saturated rings. The van der Waals surface area contributed by atoms with E-state index >= 15 is 0 Å². The van der Waals surface area contributed by atoms with Gasteiger partial charge in [-0.25, -0.2) is 4.39 Å². The van der Waals surface area contributed by atoms with Crippen LogP contribution in [0.3, 0.4) is 0 Å². The first-order chi connectivity index (χ1) is 15.2. The van der Waals surface area contributed by atoms with Gasteiger partial charge in [0, 0.05) is 8.80 Å². The lowest BCUT2D eigenvalue weighted by atomic mass is 9.73. The second-order valence-electron chi connectivity index (χ2n) is 10.3. The zero-order valence-corrected chi connectivity index (χ0v) is 21.3. The number of hydrogen-bond donors (Lipinski definition) is 0. The molecule has 2 aliphatic rings. The standard InChI is InChI=1S/C28H46FOSi/c1-3-5-8-19-31-20-17-26(18-21-31)25-14-11-23(12-15-25)9-6-7-10-24-13-16-28(30-4-2)27(29)22-24/h13,16,22-23,25-26H,3-12,14-15,17-21H2,1-2H3. The highest BCUT2D eigenvalue weighted by Crippen LogP contribution is 2.42. The van der Waals surface area contributed by atoms with Gasteiger partial charge in [0.05, 0.1) is 6.61 Å². The molecule has 1 aromatic carbocycles. The molecule has 1 heterocycles. The Kier molecular flexibility index (Phi) is 10.9. The molecule has 1 aromatic rings. The fourth-order valence-corrected chi connectivity index (χ4v) is 9.14. The van der Waals surface area contributed by atoms with E-state index in [4.69, 9.17) is 4.74 Å². The van der Waals surface area contributed by atoms with Crippen LogP contribution >= 0.6 is 0 Å². The fourth-order valence-electron chi connectivity index (χ4n) is 6.08. The number of hydrogen-bond acceptors (Lipinski definition) is 1. The fraction of sp³-hybridized carbons (Fsp3) is 0.786. The first kappa shape index (κ1) is 24.8. The molecule has 0 amide bonds. The molecule has 3 heteroatoms. The molecule has 0 bridgehead atoms. The third kappa shape index (κ3) is 8.22. The third-order valence-electron chi connectivity index (χ3n) is 8.05. The predicted octanol–water partition coefficient (Wildman–Crippen LogP) is 8.84. The molecule has 1 saturated heterocycles. The van der Waals surface area contributed by atoms with Crippen molar-refractivity contribution >= 4 is 8.80 Å². The monoisotopic (exact) mass is 445 g/mol. The Hall–Kier alpha value is -0.833. The maximum Gasteiger partial charge on any atom is 0.165 e. The largest absolute Gasteiger partial charge is 0.491 e. The van der Waals surface area contributed by atoms with Gasteiger partial charge in [0.1, 0.15) is 0 Å². The van der Waals surface area contributed by atoms with Crippen LogP contribution in [0.1, 0.15) is 96.5 Å². The van der Waals surface area contributed by atoms with Crippen LogP contribution < -0.4 is 4.74 Å². The minimum absolute atomic E-state index is 0.0227. The summed E-state index contributed by atoms with van der Waals surface area (Å²) in [5, 5.41) is 0. The molecule has 0 spiro atoms. The SMILES string of the molecule is CCCCC[Si]1CCC(C2CCC(CCCCc3ccc(OCC)c(F)c3)CC2)CC1. The summed E-state index contributed by atoms with van der Waals surface area (Å²) in [7, 11) is 0.0227. The molecule has 31 heavy (non-hydrogen) atoms. The maximum absolute atomic E-state index is 14.0. The van der Waals surface area contributed by atoms with Crippen LogP contribution in [0.15, 0.2) is 18.2 Å². The molecule has 1 aliphatic heterocycles. The molecule has 0 N–H and O–H groups in total. The molecule has 3 rings (SSSR count). The van der Waals surface area contributed by atoms with E-state index in [1.165, 1.54) is 64.2 Å². The third-order valence-corrected chi connectivity index (χ3v) is 11.1. The lowest BCUT2D eigenvalue weighted by Gasteiger charge is -2.37. The first-order valence-electron chi connectivity index (χ1n) is 13.4. The van der Waals surface area contributed by atoms with Crippen molar-refractivity contribution in [2.75, 3.05) is 6.61 Å². The van der Waals surface area contributed by atoms with Crippen molar-refractivity contribution in [1.82, 2.24) is 0 Å². The van der Waals surface area contributed by atoms with Crippen molar-refractivity contribution < 1.29 is 9.13 Å². The molecule has 0 unspecified atom stereocenters. The molecule has 1 saturated carbocycles. The van der Waals surface area contributed by atoms with Gasteiger partial charge in [0.25, 0.3) is 0 Å². The Bertz CT molecular complexity index is 617. The number of halogens is 1. The highest BCUT2D eigenvalue weighted by Gasteiger charge is 2.31. The predicted molar refractivity (Wildman–Crippen MR) is 133 cm³/mol. The van der Waals surface area contributed by atoms with Crippen LogP contribution in [0.25, 0.3) is 0 Å². The second-order valence-corrected chi connectivity index (χ2v) is 13.3. The molecule has 0 aromatic heterocycles. The molecular weight excluding hydrogens is 399 g/mol. The summed E-state index contributed by atoms with van der Waals surface area (Å²) in [5.74, 6) is 3.23. The summed E-state index contributed by atoms with van der Waals surface area (Å²) in [6, 6.07) is 10.3.